The molecule has 0 saturated carbocycles. The molecule has 3 heterocycles. The molecule has 4 nitrogen and oxygen atoms in total. The third-order valence-corrected chi connectivity index (χ3v) is 6.68. The molecule has 1 aromatic heterocycles. The van der Waals surface area contributed by atoms with Crippen molar-refractivity contribution in [2.24, 2.45) is 0 Å². The standard InChI is InChI=1S/C11H14N2O2S3/c1-2-7-3-4-10(17-7)13-9-6-18(14,15)5-8(9)12-11(13)16/h3-4,8-9H,2,5-6H2,1H3,(H,12,16)/t8-,9+/m0/s1. The summed E-state index contributed by atoms with van der Waals surface area (Å²) in [5, 5.41) is 4.84. The number of sulfone groups is 1. The van der Waals surface area contributed by atoms with Gasteiger partial charge in [0.1, 0.15) is 0 Å². The fourth-order valence-corrected chi connectivity index (χ4v) is 5.89. The van der Waals surface area contributed by atoms with E-state index in [0.29, 0.717) is 5.11 Å². The molecule has 2 fully saturated rings. The van der Waals surface area contributed by atoms with Gasteiger partial charge in [-0.25, -0.2) is 8.42 Å². The van der Waals surface area contributed by atoms with Gasteiger partial charge in [-0.05, 0) is 30.8 Å². The van der Waals surface area contributed by atoms with Crippen LogP contribution in [0.3, 0.4) is 0 Å². The molecule has 0 amide bonds. The molecule has 98 valence electrons. The van der Waals surface area contributed by atoms with E-state index in [4.69, 9.17) is 12.2 Å². The maximum absolute atomic E-state index is 11.7. The molecule has 0 spiro atoms. The molecule has 18 heavy (non-hydrogen) atoms. The van der Waals surface area contributed by atoms with Crippen molar-refractivity contribution in [2.75, 3.05) is 16.4 Å². The Balaban J connectivity index is 1.94. The number of aryl methyl sites for hydroxylation is 1. The van der Waals surface area contributed by atoms with Crippen molar-refractivity contribution in [2.45, 2.75) is 25.4 Å². The topological polar surface area (TPSA) is 49.4 Å². The predicted molar refractivity (Wildman–Crippen MR) is 78.1 cm³/mol. The molecule has 3 rings (SSSR count). The van der Waals surface area contributed by atoms with Gasteiger partial charge in [0.15, 0.2) is 14.9 Å². The third kappa shape index (κ3) is 1.94. The van der Waals surface area contributed by atoms with E-state index < -0.39 is 9.84 Å². The smallest absolute Gasteiger partial charge is 0.174 e. The Labute approximate surface area is 116 Å². The number of anilines is 1. The number of fused-ring (bicyclic) bond motifs is 1. The van der Waals surface area contributed by atoms with Gasteiger partial charge in [0.2, 0.25) is 0 Å². The van der Waals surface area contributed by atoms with Gasteiger partial charge in [0, 0.05) is 4.88 Å². The predicted octanol–water partition coefficient (Wildman–Crippen LogP) is 1.17. The minimum absolute atomic E-state index is 0.0362. The quantitative estimate of drug-likeness (QED) is 0.831. The fourth-order valence-electron chi connectivity index (χ4n) is 2.55. The summed E-state index contributed by atoms with van der Waals surface area (Å²) in [5.41, 5.74) is 0. The summed E-state index contributed by atoms with van der Waals surface area (Å²) >= 11 is 7.01. The second-order valence-corrected chi connectivity index (χ2v) is 8.35. The largest absolute Gasteiger partial charge is 0.356 e. The highest BCUT2D eigenvalue weighted by atomic mass is 32.2. The number of thiocarbonyl (C=S) groups is 1. The molecule has 2 saturated heterocycles. The summed E-state index contributed by atoms with van der Waals surface area (Å²) in [6.45, 7) is 2.11. The van der Waals surface area contributed by atoms with Crippen LogP contribution >= 0.6 is 23.6 Å². The minimum Gasteiger partial charge on any atom is -0.356 e. The van der Waals surface area contributed by atoms with Crippen LogP contribution in [-0.2, 0) is 16.3 Å². The lowest BCUT2D eigenvalue weighted by atomic mass is 10.2. The Kier molecular flexibility index (Phi) is 2.87. The van der Waals surface area contributed by atoms with E-state index in [9.17, 15) is 8.42 Å². The van der Waals surface area contributed by atoms with Gasteiger partial charge >= 0.3 is 0 Å². The monoisotopic (exact) mass is 302 g/mol. The van der Waals surface area contributed by atoms with E-state index in [1.54, 1.807) is 11.3 Å². The van der Waals surface area contributed by atoms with Crippen LogP contribution in [0.4, 0.5) is 5.00 Å². The SMILES string of the molecule is CCc1ccc(N2C(=S)N[C@H]3CS(=O)(=O)C[C@H]32)s1. The van der Waals surface area contributed by atoms with Gasteiger partial charge in [-0.2, -0.15) is 0 Å². The van der Waals surface area contributed by atoms with Crippen molar-refractivity contribution in [1.82, 2.24) is 5.32 Å². The second-order valence-electron chi connectivity index (χ2n) is 4.66. The number of hydrogen-bond acceptors (Lipinski definition) is 4. The lowest BCUT2D eigenvalue weighted by Gasteiger charge is -2.21. The summed E-state index contributed by atoms with van der Waals surface area (Å²) < 4.78 is 23.4. The molecule has 0 unspecified atom stereocenters. The zero-order valence-electron chi connectivity index (χ0n) is 9.92. The summed E-state index contributed by atoms with van der Waals surface area (Å²) in [6, 6.07) is 4.03. The van der Waals surface area contributed by atoms with E-state index >= 15 is 0 Å². The highest BCUT2D eigenvalue weighted by Crippen LogP contribution is 2.34. The van der Waals surface area contributed by atoms with Crippen LogP contribution in [-0.4, -0.2) is 37.1 Å². The van der Waals surface area contributed by atoms with Crippen LogP contribution in [0.2, 0.25) is 0 Å². The maximum Gasteiger partial charge on any atom is 0.174 e. The van der Waals surface area contributed by atoms with Crippen LogP contribution in [0, 0.1) is 0 Å². The van der Waals surface area contributed by atoms with Crippen LogP contribution in [0.1, 0.15) is 11.8 Å². The first kappa shape index (κ1) is 12.4. The van der Waals surface area contributed by atoms with Crippen molar-refractivity contribution in [3.8, 4) is 0 Å². The molecule has 0 aromatic carbocycles. The number of thiophene rings is 1. The average molecular weight is 302 g/mol. The highest BCUT2D eigenvalue weighted by Gasteiger charge is 2.47. The van der Waals surface area contributed by atoms with E-state index in [-0.39, 0.29) is 23.6 Å². The van der Waals surface area contributed by atoms with E-state index in [1.807, 2.05) is 11.0 Å². The summed E-state index contributed by atoms with van der Waals surface area (Å²) in [4.78, 5) is 3.27. The number of nitrogens with zero attached hydrogens (tertiary/aromatic N) is 1. The number of hydrogen-bond donors (Lipinski definition) is 1. The van der Waals surface area contributed by atoms with Crippen molar-refractivity contribution < 1.29 is 8.42 Å². The first-order valence-electron chi connectivity index (χ1n) is 5.89. The van der Waals surface area contributed by atoms with Gasteiger partial charge in [0.25, 0.3) is 0 Å². The lowest BCUT2D eigenvalue weighted by Crippen LogP contribution is -2.36. The molecule has 1 N–H and O–H groups in total. The van der Waals surface area contributed by atoms with Crippen molar-refractivity contribution >= 4 is 43.5 Å². The van der Waals surface area contributed by atoms with Gasteiger partial charge in [-0.1, -0.05) is 6.92 Å². The van der Waals surface area contributed by atoms with Crippen molar-refractivity contribution in [3.05, 3.63) is 17.0 Å². The molecular formula is C11H14N2O2S3. The average Bonchev–Trinajstić information content (AvgIpc) is 2.90. The molecule has 2 aliphatic heterocycles. The molecule has 2 aliphatic rings. The Morgan fingerprint density at radius 2 is 2.28 bits per heavy atom. The summed E-state index contributed by atoms with van der Waals surface area (Å²) in [6.07, 6.45) is 0.991. The Morgan fingerprint density at radius 1 is 1.50 bits per heavy atom. The normalized spacial score (nSPS) is 29.4. The summed E-state index contributed by atoms with van der Waals surface area (Å²) in [7, 11) is -2.93. The van der Waals surface area contributed by atoms with E-state index in [1.165, 1.54) is 4.88 Å². The minimum atomic E-state index is -2.93. The third-order valence-electron chi connectivity index (χ3n) is 3.42. The number of nitrogens with one attached hydrogen (secondary N) is 1. The fraction of sp³-hybridized carbons (Fsp3) is 0.545. The van der Waals surface area contributed by atoms with Crippen LogP contribution in [0.25, 0.3) is 0 Å². The van der Waals surface area contributed by atoms with Crippen molar-refractivity contribution in [3.63, 3.8) is 0 Å². The first-order chi connectivity index (χ1) is 8.50. The lowest BCUT2D eigenvalue weighted by molar-refractivity contribution is 0.600. The van der Waals surface area contributed by atoms with Crippen molar-refractivity contribution in [1.29, 1.82) is 0 Å². The van der Waals surface area contributed by atoms with Crippen LogP contribution in [0.5, 0.6) is 0 Å². The highest BCUT2D eigenvalue weighted by molar-refractivity contribution is 7.91. The Hall–Kier alpha value is -0.660. The van der Waals surface area contributed by atoms with Crippen LogP contribution < -0.4 is 10.2 Å². The molecule has 7 heteroatoms. The first-order valence-corrected chi connectivity index (χ1v) is 8.93. The van der Waals surface area contributed by atoms with E-state index in [2.05, 4.69) is 18.3 Å². The van der Waals surface area contributed by atoms with Gasteiger partial charge in [-0.15, -0.1) is 11.3 Å². The van der Waals surface area contributed by atoms with Gasteiger partial charge in [0.05, 0.1) is 28.6 Å². The molecule has 0 bridgehead atoms. The molecule has 1 aromatic rings. The molecular weight excluding hydrogens is 288 g/mol. The molecule has 2 atom stereocenters. The van der Waals surface area contributed by atoms with Gasteiger partial charge < -0.3 is 10.2 Å². The number of rotatable bonds is 2. The molecule has 0 radical (unpaired) electrons. The Bertz CT molecular complexity index is 593. The summed E-state index contributed by atoms with van der Waals surface area (Å²) in [5.74, 6) is 0.393. The maximum atomic E-state index is 11.7. The zero-order valence-corrected chi connectivity index (χ0v) is 12.4. The van der Waals surface area contributed by atoms with E-state index in [0.717, 1.165) is 11.4 Å². The Morgan fingerprint density at radius 3 is 2.94 bits per heavy atom. The van der Waals surface area contributed by atoms with Gasteiger partial charge in [-0.3, -0.25) is 0 Å². The molecule has 0 aliphatic carbocycles. The second kappa shape index (κ2) is 4.18. The van der Waals surface area contributed by atoms with Crippen LogP contribution in [0.15, 0.2) is 12.1 Å². The zero-order chi connectivity index (χ0) is 12.9.